The van der Waals surface area contributed by atoms with Crippen LogP contribution in [-0.4, -0.2) is 53.0 Å². The number of hydrogen-bond donors (Lipinski definition) is 4. The standard InChI is InChI=1S/C28H32N4O6/c33-15-18-1-2-19(11-18)16-38-22-6-4-21(5-7-22)30-28(37)29-13-17-3-8-23-20(12-17)14-32(27(23)36)24-9-10-25(34)31-26(24)35/h3-8,12,18-19,24,33H,1-2,9-11,13-16H2,(H2,29,30,37)(H,31,34,35)/t18-,19-,24+/m0/s1. The Bertz CT molecular complexity index is 1230. The maximum atomic E-state index is 12.8. The molecule has 2 aromatic carbocycles. The Hall–Kier alpha value is -3.92. The summed E-state index contributed by atoms with van der Waals surface area (Å²) in [5, 5.41) is 17.2. The summed E-state index contributed by atoms with van der Waals surface area (Å²) in [6, 6.07) is 11.5. The van der Waals surface area contributed by atoms with Crippen LogP contribution in [-0.2, 0) is 22.7 Å². The van der Waals surface area contributed by atoms with Crippen molar-refractivity contribution in [3.05, 3.63) is 59.2 Å². The smallest absolute Gasteiger partial charge is 0.319 e. The van der Waals surface area contributed by atoms with Gasteiger partial charge in [0, 0.05) is 37.4 Å². The molecule has 0 unspecified atom stereocenters. The molecular formula is C28H32N4O6. The second-order valence-electron chi connectivity index (χ2n) is 10.3. The first-order valence-corrected chi connectivity index (χ1v) is 13.0. The highest BCUT2D eigenvalue weighted by atomic mass is 16.5. The maximum Gasteiger partial charge on any atom is 0.319 e. The van der Waals surface area contributed by atoms with E-state index in [0.29, 0.717) is 36.1 Å². The number of aliphatic hydroxyl groups is 1. The molecule has 1 saturated carbocycles. The number of aliphatic hydroxyl groups excluding tert-OH is 1. The van der Waals surface area contributed by atoms with E-state index in [1.807, 2.05) is 18.2 Å². The lowest BCUT2D eigenvalue weighted by molar-refractivity contribution is -0.136. The molecule has 2 aromatic rings. The molecule has 2 fully saturated rings. The fourth-order valence-electron chi connectivity index (χ4n) is 5.44. The molecule has 3 atom stereocenters. The topological polar surface area (TPSA) is 137 Å². The molecule has 10 heteroatoms. The Morgan fingerprint density at radius 3 is 2.58 bits per heavy atom. The van der Waals surface area contributed by atoms with E-state index in [1.54, 1.807) is 24.3 Å². The number of nitrogens with one attached hydrogen (secondary N) is 3. The van der Waals surface area contributed by atoms with Crippen molar-refractivity contribution in [1.29, 1.82) is 0 Å². The summed E-state index contributed by atoms with van der Waals surface area (Å²) in [5.74, 6) is 0.613. The van der Waals surface area contributed by atoms with Crippen LogP contribution in [0.25, 0.3) is 0 Å². The molecule has 2 aliphatic heterocycles. The average molecular weight is 521 g/mol. The zero-order valence-electron chi connectivity index (χ0n) is 21.1. The summed E-state index contributed by atoms with van der Waals surface area (Å²) < 4.78 is 5.87. The molecule has 10 nitrogen and oxygen atoms in total. The number of amides is 5. The van der Waals surface area contributed by atoms with Gasteiger partial charge in [0.25, 0.3) is 5.91 Å². The number of nitrogens with zero attached hydrogens (tertiary/aromatic N) is 1. The van der Waals surface area contributed by atoms with Gasteiger partial charge in [-0.05, 0) is 79.0 Å². The number of ether oxygens (including phenoxy) is 1. The summed E-state index contributed by atoms with van der Waals surface area (Å²) in [7, 11) is 0. The van der Waals surface area contributed by atoms with E-state index >= 15 is 0 Å². The Morgan fingerprint density at radius 2 is 1.84 bits per heavy atom. The molecule has 3 aliphatic rings. The van der Waals surface area contributed by atoms with E-state index in [9.17, 15) is 24.3 Å². The summed E-state index contributed by atoms with van der Waals surface area (Å²) >= 11 is 0. The van der Waals surface area contributed by atoms with Crippen molar-refractivity contribution in [3.63, 3.8) is 0 Å². The minimum Gasteiger partial charge on any atom is -0.493 e. The fraction of sp³-hybridized carbons (Fsp3) is 0.429. The normalized spacial score (nSPS) is 22.7. The first kappa shape index (κ1) is 25.7. The number of hydrogen-bond acceptors (Lipinski definition) is 6. The minimum atomic E-state index is -0.655. The first-order chi connectivity index (χ1) is 18.4. The van der Waals surface area contributed by atoms with E-state index < -0.39 is 11.9 Å². The summed E-state index contributed by atoms with van der Waals surface area (Å²) in [6.45, 7) is 1.43. The molecule has 38 heavy (non-hydrogen) atoms. The van der Waals surface area contributed by atoms with Crippen molar-refractivity contribution in [2.24, 2.45) is 11.8 Å². The number of rotatable bonds is 8. The van der Waals surface area contributed by atoms with Crippen molar-refractivity contribution in [3.8, 4) is 5.75 Å². The lowest BCUT2D eigenvalue weighted by Crippen LogP contribution is -2.52. The molecule has 0 bridgehead atoms. The van der Waals surface area contributed by atoms with Crippen molar-refractivity contribution in [2.75, 3.05) is 18.5 Å². The van der Waals surface area contributed by atoms with Crippen LogP contribution in [0, 0.1) is 11.8 Å². The molecule has 1 aliphatic carbocycles. The van der Waals surface area contributed by atoms with Crippen LogP contribution in [0.1, 0.15) is 53.6 Å². The van der Waals surface area contributed by atoms with E-state index in [0.717, 1.165) is 36.1 Å². The van der Waals surface area contributed by atoms with Gasteiger partial charge in [-0.3, -0.25) is 19.7 Å². The molecule has 0 spiro atoms. The number of imide groups is 1. The van der Waals surface area contributed by atoms with Gasteiger partial charge in [0.2, 0.25) is 11.8 Å². The van der Waals surface area contributed by atoms with Gasteiger partial charge >= 0.3 is 6.03 Å². The lowest BCUT2D eigenvalue weighted by Gasteiger charge is -2.29. The largest absolute Gasteiger partial charge is 0.493 e. The van der Waals surface area contributed by atoms with E-state index in [-0.39, 0.29) is 44.0 Å². The van der Waals surface area contributed by atoms with Crippen LogP contribution in [0.5, 0.6) is 5.75 Å². The Labute approximate surface area is 220 Å². The van der Waals surface area contributed by atoms with Crippen LogP contribution in [0.3, 0.4) is 0 Å². The number of piperidine rings is 1. The monoisotopic (exact) mass is 520 g/mol. The van der Waals surface area contributed by atoms with Gasteiger partial charge < -0.3 is 25.4 Å². The molecular weight excluding hydrogens is 488 g/mol. The third kappa shape index (κ3) is 5.80. The highest BCUT2D eigenvalue weighted by Gasteiger charge is 2.39. The van der Waals surface area contributed by atoms with Gasteiger partial charge in [-0.15, -0.1) is 0 Å². The van der Waals surface area contributed by atoms with Crippen LogP contribution < -0.4 is 20.7 Å². The Balaban J connectivity index is 1.09. The van der Waals surface area contributed by atoms with Crippen molar-refractivity contribution in [2.45, 2.75) is 51.2 Å². The van der Waals surface area contributed by atoms with Crippen LogP contribution >= 0.6 is 0 Å². The first-order valence-electron chi connectivity index (χ1n) is 13.0. The van der Waals surface area contributed by atoms with Crippen molar-refractivity contribution >= 4 is 29.4 Å². The zero-order valence-corrected chi connectivity index (χ0v) is 21.1. The second kappa shape index (κ2) is 11.2. The number of anilines is 1. The van der Waals surface area contributed by atoms with E-state index in [1.165, 1.54) is 4.90 Å². The number of fused-ring (bicyclic) bond motifs is 1. The highest BCUT2D eigenvalue weighted by Crippen LogP contribution is 2.31. The molecule has 5 amide bonds. The lowest BCUT2D eigenvalue weighted by atomic mass is 10.0. The molecule has 2 heterocycles. The summed E-state index contributed by atoms with van der Waals surface area (Å²) in [5.41, 5.74) is 2.79. The summed E-state index contributed by atoms with van der Waals surface area (Å²) in [4.78, 5) is 50.4. The quantitative estimate of drug-likeness (QED) is 0.395. The molecule has 0 radical (unpaired) electrons. The van der Waals surface area contributed by atoms with Gasteiger partial charge in [-0.2, -0.15) is 0 Å². The number of carbonyl (C=O) groups excluding carboxylic acids is 4. The molecule has 0 aromatic heterocycles. The number of benzene rings is 2. The zero-order chi connectivity index (χ0) is 26.6. The van der Waals surface area contributed by atoms with E-state index in [4.69, 9.17) is 4.74 Å². The fourth-order valence-corrected chi connectivity index (χ4v) is 5.44. The van der Waals surface area contributed by atoms with Crippen molar-refractivity contribution < 1.29 is 29.0 Å². The highest BCUT2D eigenvalue weighted by molar-refractivity contribution is 6.05. The summed E-state index contributed by atoms with van der Waals surface area (Å²) in [6.07, 6.45) is 3.64. The molecule has 5 rings (SSSR count). The third-order valence-corrected chi connectivity index (χ3v) is 7.55. The van der Waals surface area contributed by atoms with Gasteiger partial charge in [0.15, 0.2) is 0 Å². The van der Waals surface area contributed by atoms with Gasteiger partial charge in [0.05, 0.1) is 6.61 Å². The van der Waals surface area contributed by atoms with Gasteiger partial charge in [-0.1, -0.05) is 12.1 Å². The van der Waals surface area contributed by atoms with Crippen molar-refractivity contribution in [1.82, 2.24) is 15.5 Å². The third-order valence-electron chi connectivity index (χ3n) is 7.55. The number of carbonyl (C=O) groups is 4. The Morgan fingerprint density at radius 1 is 1.05 bits per heavy atom. The average Bonchev–Trinajstić information content (AvgIpc) is 3.51. The van der Waals surface area contributed by atoms with E-state index in [2.05, 4.69) is 16.0 Å². The maximum absolute atomic E-state index is 12.8. The minimum absolute atomic E-state index is 0.211. The molecule has 4 N–H and O–H groups in total. The predicted molar refractivity (Wildman–Crippen MR) is 138 cm³/mol. The second-order valence-corrected chi connectivity index (χ2v) is 10.3. The van der Waals surface area contributed by atoms with Crippen LogP contribution in [0.4, 0.5) is 10.5 Å². The SMILES string of the molecule is O=C1CC[C@@H](N2Cc3cc(CNC(=O)Nc4ccc(OC[C@H]5CC[C@H](CO)C5)cc4)ccc3C2=O)C(=O)N1. The van der Waals surface area contributed by atoms with Gasteiger partial charge in [0.1, 0.15) is 11.8 Å². The Kier molecular flexibility index (Phi) is 7.59. The van der Waals surface area contributed by atoms with Gasteiger partial charge in [-0.25, -0.2) is 4.79 Å². The molecule has 1 saturated heterocycles. The van der Waals surface area contributed by atoms with Crippen LogP contribution in [0.15, 0.2) is 42.5 Å². The number of urea groups is 1. The van der Waals surface area contributed by atoms with Crippen LogP contribution in [0.2, 0.25) is 0 Å². The predicted octanol–water partition coefficient (Wildman–Crippen LogP) is 2.56. The molecule has 200 valence electrons.